The third kappa shape index (κ3) is 4.22. The number of carbonyl (C=O) groups excluding carboxylic acids is 1. The first-order valence-corrected chi connectivity index (χ1v) is 8.72. The number of phenols is 2. The number of aliphatic imine (C=N–C) groups is 1. The summed E-state index contributed by atoms with van der Waals surface area (Å²) in [5.74, 6) is -2.73. The molecule has 0 saturated heterocycles. The lowest BCUT2D eigenvalue weighted by Gasteiger charge is -2.08. The van der Waals surface area contributed by atoms with Gasteiger partial charge in [-0.1, -0.05) is 30.3 Å². The fourth-order valence-electron chi connectivity index (χ4n) is 2.69. The molecule has 152 valence electrons. The molecule has 0 spiro atoms. The van der Waals surface area contributed by atoms with Crippen molar-refractivity contribution in [3.05, 3.63) is 81.7 Å². The van der Waals surface area contributed by atoms with E-state index in [0.717, 1.165) is 6.08 Å². The molecule has 1 aromatic heterocycles. The summed E-state index contributed by atoms with van der Waals surface area (Å²) in [6.07, 6.45) is 2.47. The fourth-order valence-corrected chi connectivity index (χ4v) is 2.69. The van der Waals surface area contributed by atoms with Crippen LogP contribution in [0.5, 0.6) is 23.2 Å². The van der Waals surface area contributed by atoms with Crippen molar-refractivity contribution in [2.45, 2.75) is 6.92 Å². The fraction of sp³-hybridized carbons (Fsp3) is 0.0455. The molecule has 1 heterocycles. The van der Waals surface area contributed by atoms with Gasteiger partial charge >= 0.3 is 5.63 Å². The minimum absolute atomic E-state index is 0.0284. The number of phenolic OH excluding ortho intramolecular Hbond substituents is 2. The number of benzene rings is 2. The van der Waals surface area contributed by atoms with Gasteiger partial charge in [-0.25, -0.2) is 9.79 Å². The molecule has 8 heteroatoms. The molecule has 0 atom stereocenters. The maximum Gasteiger partial charge on any atom is 0.351 e. The van der Waals surface area contributed by atoms with E-state index in [9.17, 15) is 30.0 Å². The van der Waals surface area contributed by atoms with E-state index in [1.807, 2.05) is 0 Å². The minimum Gasteiger partial charge on any atom is -0.508 e. The molecule has 0 aliphatic heterocycles. The van der Waals surface area contributed by atoms with Crippen LogP contribution >= 0.6 is 0 Å². The van der Waals surface area contributed by atoms with Gasteiger partial charge in [0.15, 0.2) is 5.78 Å². The van der Waals surface area contributed by atoms with Crippen molar-refractivity contribution in [2.24, 2.45) is 4.99 Å². The third-order valence-electron chi connectivity index (χ3n) is 4.18. The van der Waals surface area contributed by atoms with E-state index in [2.05, 4.69) is 4.99 Å². The predicted octanol–water partition coefficient (Wildman–Crippen LogP) is 3.50. The number of aromatic hydroxyl groups is 4. The number of nitrogens with zero attached hydrogens (tertiary/aromatic N) is 1. The Morgan fingerprint density at radius 1 is 0.967 bits per heavy atom. The Bertz CT molecular complexity index is 1220. The molecule has 0 unspecified atom stereocenters. The van der Waals surface area contributed by atoms with Gasteiger partial charge < -0.3 is 24.8 Å². The highest BCUT2D eigenvalue weighted by molar-refractivity contribution is 6.13. The SMILES string of the molecule is CC(=Nc1ccccc1O)c1c(O)c(C(=O)C=Cc2ccc(O)cc2)c(O)oc1=O. The van der Waals surface area contributed by atoms with E-state index >= 15 is 0 Å². The van der Waals surface area contributed by atoms with E-state index in [0.29, 0.717) is 5.56 Å². The second-order valence-corrected chi connectivity index (χ2v) is 6.27. The highest BCUT2D eigenvalue weighted by atomic mass is 16.5. The van der Waals surface area contributed by atoms with Crippen LogP contribution in [-0.4, -0.2) is 31.9 Å². The molecule has 0 fully saturated rings. The molecular weight excluding hydrogens is 390 g/mol. The Labute approximate surface area is 170 Å². The van der Waals surface area contributed by atoms with Crippen molar-refractivity contribution in [3.63, 3.8) is 0 Å². The largest absolute Gasteiger partial charge is 0.508 e. The van der Waals surface area contributed by atoms with Gasteiger partial charge in [0, 0.05) is 0 Å². The number of hydrogen-bond donors (Lipinski definition) is 4. The molecule has 0 radical (unpaired) electrons. The van der Waals surface area contributed by atoms with Crippen molar-refractivity contribution in [1.29, 1.82) is 0 Å². The highest BCUT2D eigenvalue weighted by Crippen LogP contribution is 2.31. The van der Waals surface area contributed by atoms with Crippen molar-refractivity contribution in [1.82, 2.24) is 0 Å². The summed E-state index contributed by atoms with van der Waals surface area (Å²) in [6, 6.07) is 12.1. The summed E-state index contributed by atoms with van der Waals surface area (Å²) in [7, 11) is 0. The highest BCUT2D eigenvalue weighted by Gasteiger charge is 2.25. The van der Waals surface area contributed by atoms with Gasteiger partial charge in [0.2, 0.25) is 0 Å². The van der Waals surface area contributed by atoms with Gasteiger partial charge in [-0.15, -0.1) is 0 Å². The second-order valence-electron chi connectivity index (χ2n) is 6.27. The van der Waals surface area contributed by atoms with Crippen LogP contribution in [0.1, 0.15) is 28.4 Å². The Hall–Kier alpha value is -4.33. The molecule has 0 aliphatic rings. The van der Waals surface area contributed by atoms with Crippen LogP contribution in [0.15, 0.2) is 68.8 Å². The van der Waals surface area contributed by atoms with E-state index in [-0.39, 0.29) is 22.9 Å². The topological polar surface area (TPSA) is 141 Å². The lowest BCUT2D eigenvalue weighted by molar-refractivity contribution is 0.103. The lowest BCUT2D eigenvalue weighted by atomic mass is 10.0. The average molecular weight is 407 g/mol. The van der Waals surface area contributed by atoms with Gasteiger partial charge in [0.1, 0.15) is 34.1 Å². The van der Waals surface area contributed by atoms with Crippen LogP contribution < -0.4 is 5.63 Å². The minimum atomic E-state index is -1.10. The van der Waals surface area contributed by atoms with E-state index in [1.54, 1.807) is 24.3 Å². The Kier molecular flexibility index (Phi) is 5.68. The van der Waals surface area contributed by atoms with E-state index in [4.69, 9.17) is 4.42 Å². The summed E-state index contributed by atoms with van der Waals surface area (Å²) < 4.78 is 4.71. The van der Waals surface area contributed by atoms with Crippen molar-refractivity contribution >= 4 is 23.3 Å². The number of allylic oxidation sites excluding steroid dienone is 1. The lowest BCUT2D eigenvalue weighted by Crippen LogP contribution is -2.15. The summed E-state index contributed by atoms with van der Waals surface area (Å²) in [4.78, 5) is 28.8. The standard InChI is InChI=1S/C22H17NO7/c1-12(23-15-4-2-3-5-16(15)25)18-20(27)19(22(29)30-21(18)28)17(26)11-8-13-6-9-14(24)10-7-13/h2-11,24-25,27,29H,1H3. The molecule has 0 amide bonds. The monoisotopic (exact) mass is 407 g/mol. The van der Waals surface area contributed by atoms with Gasteiger partial charge in [-0.3, -0.25) is 4.79 Å². The number of para-hydroxylation sites is 2. The van der Waals surface area contributed by atoms with Crippen LogP contribution in [0, 0.1) is 0 Å². The summed E-state index contributed by atoms with van der Waals surface area (Å²) in [6.45, 7) is 1.38. The van der Waals surface area contributed by atoms with Crippen molar-refractivity contribution < 1.29 is 29.6 Å². The Balaban J connectivity index is 2.03. The van der Waals surface area contributed by atoms with Crippen LogP contribution in [-0.2, 0) is 0 Å². The quantitative estimate of drug-likeness (QED) is 0.288. The number of carbonyl (C=O) groups is 1. The molecule has 30 heavy (non-hydrogen) atoms. The molecule has 3 rings (SSSR count). The van der Waals surface area contributed by atoms with Gasteiger partial charge in [0.05, 0.1) is 5.71 Å². The Morgan fingerprint density at radius 2 is 1.63 bits per heavy atom. The average Bonchev–Trinajstić information content (AvgIpc) is 2.69. The van der Waals surface area contributed by atoms with Gasteiger partial charge in [-0.2, -0.15) is 0 Å². The zero-order valence-corrected chi connectivity index (χ0v) is 15.7. The first-order valence-electron chi connectivity index (χ1n) is 8.72. The normalized spacial score (nSPS) is 11.7. The molecule has 4 N–H and O–H groups in total. The van der Waals surface area contributed by atoms with Crippen molar-refractivity contribution in [3.8, 4) is 23.2 Å². The van der Waals surface area contributed by atoms with Crippen LogP contribution in [0.25, 0.3) is 6.08 Å². The van der Waals surface area contributed by atoms with Gasteiger partial charge in [-0.05, 0) is 42.8 Å². The maximum atomic E-state index is 12.5. The van der Waals surface area contributed by atoms with Crippen LogP contribution in [0.2, 0.25) is 0 Å². The molecule has 8 nitrogen and oxygen atoms in total. The van der Waals surface area contributed by atoms with Crippen LogP contribution in [0.3, 0.4) is 0 Å². The number of ketones is 1. The number of hydrogen-bond acceptors (Lipinski definition) is 8. The predicted molar refractivity (Wildman–Crippen MR) is 110 cm³/mol. The molecule has 2 aromatic carbocycles. The number of rotatable bonds is 5. The smallest absolute Gasteiger partial charge is 0.351 e. The summed E-state index contributed by atoms with van der Waals surface area (Å²) in [5, 5.41) is 39.6. The summed E-state index contributed by atoms with van der Waals surface area (Å²) in [5.41, 5.74) is -1.43. The summed E-state index contributed by atoms with van der Waals surface area (Å²) >= 11 is 0. The maximum absolute atomic E-state index is 12.5. The van der Waals surface area contributed by atoms with E-state index in [1.165, 1.54) is 37.3 Å². The molecule has 3 aromatic rings. The van der Waals surface area contributed by atoms with Crippen LogP contribution in [0.4, 0.5) is 5.69 Å². The molecule has 0 saturated carbocycles. The molecule has 0 aliphatic carbocycles. The molecular formula is C22H17NO7. The zero-order valence-electron chi connectivity index (χ0n) is 15.7. The van der Waals surface area contributed by atoms with Crippen molar-refractivity contribution in [2.75, 3.05) is 0 Å². The Morgan fingerprint density at radius 3 is 2.30 bits per heavy atom. The third-order valence-corrected chi connectivity index (χ3v) is 4.18. The first-order chi connectivity index (χ1) is 14.3. The molecule has 0 bridgehead atoms. The van der Waals surface area contributed by atoms with E-state index < -0.39 is 34.2 Å². The van der Waals surface area contributed by atoms with Gasteiger partial charge in [0.25, 0.3) is 5.95 Å². The zero-order chi connectivity index (χ0) is 21.8. The second kappa shape index (κ2) is 8.36. The first kappa shape index (κ1) is 20.4.